The first-order chi connectivity index (χ1) is 14.0. The molecular formula is C21H30FN5OS. The second kappa shape index (κ2) is 10.2. The van der Waals surface area contributed by atoms with Gasteiger partial charge in [0, 0.05) is 11.7 Å². The van der Waals surface area contributed by atoms with Crippen molar-refractivity contribution in [2.45, 2.75) is 62.7 Å². The lowest BCUT2D eigenvalue weighted by Gasteiger charge is -2.20. The summed E-state index contributed by atoms with van der Waals surface area (Å²) in [4.78, 5) is 14.5. The Morgan fingerprint density at radius 3 is 2.48 bits per heavy atom. The van der Waals surface area contributed by atoms with Crippen LogP contribution in [0.25, 0.3) is 5.69 Å². The van der Waals surface area contributed by atoms with Gasteiger partial charge in [-0.25, -0.2) is 4.39 Å². The van der Waals surface area contributed by atoms with E-state index in [1.807, 2.05) is 30.5 Å². The van der Waals surface area contributed by atoms with E-state index in [0.29, 0.717) is 5.16 Å². The second-order valence-corrected chi connectivity index (χ2v) is 8.78. The number of benzene rings is 1. The highest BCUT2D eigenvalue weighted by atomic mass is 32.2. The molecule has 0 saturated heterocycles. The van der Waals surface area contributed by atoms with E-state index in [0.717, 1.165) is 24.4 Å². The molecule has 1 aromatic heterocycles. The molecule has 0 aliphatic heterocycles. The summed E-state index contributed by atoms with van der Waals surface area (Å²) in [5.74, 6) is 0.777. The van der Waals surface area contributed by atoms with E-state index >= 15 is 0 Å². The highest BCUT2D eigenvalue weighted by Gasteiger charge is 2.22. The molecule has 1 aromatic carbocycles. The smallest absolute Gasteiger partial charge is 0.230 e. The Morgan fingerprint density at radius 1 is 1.21 bits per heavy atom. The highest BCUT2D eigenvalue weighted by Crippen LogP contribution is 2.27. The van der Waals surface area contributed by atoms with E-state index in [-0.39, 0.29) is 29.6 Å². The van der Waals surface area contributed by atoms with Crippen LogP contribution in [0.1, 0.15) is 57.3 Å². The maximum absolute atomic E-state index is 13.4. The fourth-order valence-electron chi connectivity index (χ4n) is 3.53. The summed E-state index contributed by atoms with van der Waals surface area (Å²) in [7, 11) is 3.95. The van der Waals surface area contributed by atoms with Gasteiger partial charge < -0.3 is 5.32 Å². The molecule has 8 heteroatoms. The molecule has 0 bridgehead atoms. The van der Waals surface area contributed by atoms with Gasteiger partial charge in [-0.1, -0.05) is 37.4 Å². The van der Waals surface area contributed by atoms with E-state index in [1.165, 1.54) is 49.6 Å². The molecule has 1 N–H and O–H groups in total. The standard InChI is InChI=1S/C21H30FN5OS/c1-15(26(2)3)20-24-25-21(27(20)18-12-10-16(22)11-13-18)29-14-19(28)23-17-8-6-4-5-7-9-17/h10-13,15,17H,4-9,14H2,1-3H3,(H,23,28)/t15-/m1/s1. The number of hydrogen-bond acceptors (Lipinski definition) is 5. The highest BCUT2D eigenvalue weighted by molar-refractivity contribution is 7.99. The Bertz CT molecular complexity index is 800. The van der Waals surface area contributed by atoms with E-state index in [9.17, 15) is 9.18 Å². The van der Waals surface area contributed by atoms with Crippen molar-refractivity contribution in [1.29, 1.82) is 0 Å². The summed E-state index contributed by atoms with van der Waals surface area (Å²) in [6, 6.07) is 6.56. The number of thioether (sulfide) groups is 1. The fourth-order valence-corrected chi connectivity index (χ4v) is 4.30. The van der Waals surface area contributed by atoms with Crippen LogP contribution in [-0.2, 0) is 4.79 Å². The van der Waals surface area contributed by atoms with Gasteiger partial charge in [0.05, 0.1) is 11.8 Å². The minimum Gasteiger partial charge on any atom is -0.353 e. The van der Waals surface area contributed by atoms with Crippen LogP contribution in [0.5, 0.6) is 0 Å². The van der Waals surface area contributed by atoms with E-state index in [2.05, 4.69) is 15.5 Å². The van der Waals surface area contributed by atoms with Gasteiger partial charge in [-0.15, -0.1) is 10.2 Å². The lowest BCUT2D eigenvalue weighted by Crippen LogP contribution is -2.35. The molecular weight excluding hydrogens is 389 g/mol. The van der Waals surface area contributed by atoms with Gasteiger partial charge in [0.1, 0.15) is 5.82 Å². The van der Waals surface area contributed by atoms with Gasteiger partial charge in [-0.2, -0.15) is 0 Å². The van der Waals surface area contributed by atoms with Crippen LogP contribution in [0, 0.1) is 5.82 Å². The first kappa shape index (κ1) is 21.8. The zero-order valence-corrected chi connectivity index (χ0v) is 18.2. The molecule has 1 aliphatic rings. The second-order valence-electron chi connectivity index (χ2n) is 7.84. The van der Waals surface area contributed by atoms with Crippen molar-refractivity contribution in [2.24, 2.45) is 0 Å². The normalized spacial score (nSPS) is 16.6. The van der Waals surface area contributed by atoms with Gasteiger partial charge in [-0.3, -0.25) is 14.3 Å². The van der Waals surface area contributed by atoms with Crippen LogP contribution in [0.3, 0.4) is 0 Å². The average molecular weight is 420 g/mol. The molecule has 1 fully saturated rings. The molecule has 2 aromatic rings. The van der Waals surface area contributed by atoms with E-state index < -0.39 is 0 Å². The van der Waals surface area contributed by atoms with Crippen LogP contribution < -0.4 is 5.32 Å². The first-order valence-corrected chi connectivity index (χ1v) is 11.2. The van der Waals surface area contributed by atoms with Crippen molar-refractivity contribution in [3.05, 3.63) is 35.9 Å². The van der Waals surface area contributed by atoms with Gasteiger partial charge in [0.25, 0.3) is 0 Å². The average Bonchev–Trinajstić information content (AvgIpc) is 2.95. The quantitative estimate of drug-likeness (QED) is 0.544. The van der Waals surface area contributed by atoms with Crippen molar-refractivity contribution in [1.82, 2.24) is 25.0 Å². The minimum atomic E-state index is -0.291. The Balaban J connectivity index is 1.74. The number of aromatic nitrogens is 3. The number of carbonyl (C=O) groups excluding carboxylic acids is 1. The third-order valence-corrected chi connectivity index (χ3v) is 6.37. The summed E-state index contributed by atoms with van der Waals surface area (Å²) in [5.41, 5.74) is 0.784. The van der Waals surface area contributed by atoms with Gasteiger partial charge >= 0.3 is 0 Å². The lowest BCUT2D eigenvalue weighted by atomic mass is 10.1. The summed E-state index contributed by atoms with van der Waals surface area (Å²) in [6.07, 6.45) is 7.01. The summed E-state index contributed by atoms with van der Waals surface area (Å²) in [6.45, 7) is 2.04. The molecule has 6 nitrogen and oxygen atoms in total. The fraction of sp³-hybridized carbons (Fsp3) is 0.571. The number of hydrogen-bond donors (Lipinski definition) is 1. The molecule has 29 heavy (non-hydrogen) atoms. The molecule has 158 valence electrons. The van der Waals surface area contributed by atoms with Gasteiger partial charge in [0.15, 0.2) is 11.0 Å². The van der Waals surface area contributed by atoms with Crippen molar-refractivity contribution in [3.63, 3.8) is 0 Å². The minimum absolute atomic E-state index is 0.0155. The predicted octanol–water partition coefficient (Wildman–Crippen LogP) is 3.96. The summed E-state index contributed by atoms with van der Waals surface area (Å²) in [5, 5.41) is 12.5. The first-order valence-electron chi connectivity index (χ1n) is 10.3. The monoisotopic (exact) mass is 419 g/mol. The number of amides is 1. The van der Waals surface area contributed by atoms with E-state index in [1.54, 1.807) is 12.1 Å². The van der Waals surface area contributed by atoms with Gasteiger partial charge in [0.2, 0.25) is 5.91 Å². The van der Waals surface area contributed by atoms with Crippen molar-refractivity contribution >= 4 is 17.7 Å². The Kier molecular flexibility index (Phi) is 7.66. The Hall–Kier alpha value is -1.93. The number of halogens is 1. The van der Waals surface area contributed by atoms with E-state index in [4.69, 9.17) is 0 Å². The lowest BCUT2D eigenvalue weighted by molar-refractivity contribution is -0.119. The number of rotatable bonds is 7. The van der Waals surface area contributed by atoms with Crippen LogP contribution in [-0.4, -0.2) is 51.5 Å². The molecule has 0 radical (unpaired) electrons. The van der Waals surface area contributed by atoms with Crippen molar-refractivity contribution in [3.8, 4) is 5.69 Å². The zero-order chi connectivity index (χ0) is 20.8. The maximum atomic E-state index is 13.4. The van der Waals surface area contributed by atoms with Crippen molar-refractivity contribution in [2.75, 3.05) is 19.8 Å². The van der Waals surface area contributed by atoms with Crippen LogP contribution in [0.4, 0.5) is 4.39 Å². The van der Waals surface area contributed by atoms with Crippen LogP contribution in [0.15, 0.2) is 29.4 Å². The molecule has 3 rings (SSSR count). The van der Waals surface area contributed by atoms with Crippen LogP contribution >= 0.6 is 11.8 Å². The third kappa shape index (κ3) is 5.79. The topological polar surface area (TPSA) is 63.1 Å². The molecule has 0 spiro atoms. The van der Waals surface area contributed by atoms with Crippen molar-refractivity contribution < 1.29 is 9.18 Å². The number of carbonyl (C=O) groups is 1. The largest absolute Gasteiger partial charge is 0.353 e. The molecule has 1 aliphatic carbocycles. The van der Waals surface area contributed by atoms with Gasteiger partial charge in [-0.05, 0) is 58.1 Å². The zero-order valence-electron chi connectivity index (χ0n) is 17.4. The number of nitrogens with one attached hydrogen (secondary N) is 1. The molecule has 1 heterocycles. The number of nitrogens with zero attached hydrogens (tertiary/aromatic N) is 4. The summed E-state index contributed by atoms with van der Waals surface area (Å²) < 4.78 is 15.3. The Labute approximate surface area is 176 Å². The maximum Gasteiger partial charge on any atom is 0.230 e. The predicted molar refractivity (Wildman–Crippen MR) is 114 cm³/mol. The SMILES string of the molecule is C[C@H](c1nnc(SCC(=O)NC2CCCCCC2)n1-c1ccc(F)cc1)N(C)C. The molecule has 1 saturated carbocycles. The molecule has 0 unspecified atom stereocenters. The molecule has 1 atom stereocenters. The summed E-state index contributed by atoms with van der Waals surface area (Å²) >= 11 is 1.36. The third-order valence-electron chi connectivity index (χ3n) is 5.44. The molecule has 1 amide bonds. The van der Waals surface area contributed by atoms with Crippen LogP contribution in [0.2, 0.25) is 0 Å². The Morgan fingerprint density at radius 2 is 1.86 bits per heavy atom.